The summed E-state index contributed by atoms with van der Waals surface area (Å²) in [5.74, 6) is 1.18. The molecule has 2 aromatic heterocycles. The lowest BCUT2D eigenvalue weighted by Gasteiger charge is -2.42. The average Bonchev–Trinajstić information content (AvgIpc) is 3.11. The molecule has 2 aromatic rings. The number of hydrogen-bond donors (Lipinski definition) is 2. The van der Waals surface area contributed by atoms with Crippen molar-refractivity contribution in [2.45, 2.75) is 52.5 Å². The Morgan fingerprint density at radius 1 is 1.32 bits per heavy atom. The first kappa shape index (κ1) is 19.1. The van der Waals surface area contributed by atoms with Crippen LogP contribution < -0.4 is 5.73 Å². The number of amidine groups is 1. The third-order valence-electron chi connectivity index (χ3n) is 5.96. The van der Waals surface area contributed by atoms with Gasteiger partial charge in [-0.3, -0.25) is 5.10 Å². The highest BCUT2D eigenvalue weighted by atomic mass is 19.1. The molecule has 2 atom stereocenters. The second-order valence-corrected chi connectivity index (χ2v) is 8.99. The first-order valence-corrected chi connectivity index (χ1v) is 10.1. The van der Waals surface area contributed by atoms with E-state index >= 15 is 0 Å². The molecule has 4 heterocycles. The SMILES string of the molecule is CC(C)(C)C(N)C1CCCN(C2=NC(c3[nH]nc4ncccc34)=C(F)CC2)C1. The molecular formula is C21H29FN6. The number of piperidine rings is 1. The Morgan fingerprint density at radius 2 is 2.14 bits per heavy atom. The van der Waals surface area contributed by atoms with Gasteiger partial charge in [-0.25, -0.2) is 14.4 Å². The van der Waals surface area contributed by atoms with Crippen LogP contribution >= 0.6 is 0 Å². The third-order valence-corrected chi connectivity index (χ3v) is 5.96. The van der Waals surface area contributed by atoms with E-state index in [0.717, 1.165) is 37.2 Å². The minimum Gasteiger partial charge on any atom is -0.360 e. The second-order valence-electron chi connectivity index (χ2n) is 8.99. The molecule has 0 spiro atoms. The number of nitrogens with zero attached hydrogens (tertiary/aromatic N) is 4. The van der Waals surface area contributed by atoms with E-state index in [4.69, 9.17) is 10.7 Å². The zero-order chi connectivity index (χ0) is 19.9. The van der Waals surface area contributed by atoms with Crippen LogP contribution in [0.2, 0.25) is 0 Å². The largest absolute Gasteiger partial charge is 0.360 e. The quantitative estimate of drug-likeness (QED) is 0.823. The molecular weight excluding hydrogens is 355 g/mol. The lowest BCUT2D eigenvalue weighted by molar-refractivity contribution is 0.159. The van der Waals surface area contributed by atoms with Crippen LogP contribution in [0, 0.1) is 11.3 Å². The maximum atomic E-state index is 14.7. The average molecular weight is 385 g/mol. The molecule has 0 saturated carbocycles. The van der Waals surface area contributed by atoms with Gasteiger partial charge in [0.1, 0.15) is 17.4 Å². The van der Waals surface area contributed by atoms with Crippen LogP contribution in [-0.2, 0) is 0 Å². The zero-order valence-corrected chi connectivity index (χ0v) is 16.9. The number of nitrogens with one attached hydrogen (secondary N) is 1. The van der Waals surface area contributed by atoms with Crippen molar-refractivity contribution in [3.63, 3.8) is 0 Å². The molecule has 28 heavy (non-hydrogen) atoms. The van der Waals surface area contributed by atoms with Gasteiger partial charge in [0.2, 0.25) is 0 Å². The Labute approximate surface area is 165 Å². The Balaban J connectivity index is 1.61. The van der Waals surface area contributed by atoms with Gasteiger partial charge < -0.3 is 10.6 Å². The Hall–Kier alpha value is -2.28. The molecule has 1 saturated heterocycles. The lowest BCUT2D eigenvalue weighted by atomic mass is 9.76. The Bertz CT molecular complexity index is 922. The molecule has 0 amide bonds. The standard InChI is InChI=1S/C21H29FN6/c1-21(2,3)19(23)13-6-5-11-28(12-13)16-9-8-15(22)18(25-16)17-14-7-4-10-24-20(14)27-26-17/h4,7,10,13,19H,5-6,8-9,11-12,23H2,1-3H3,(H,24,26,27). The Kier molecular flexibility index (Phi) is 4.95. The van der Waals surface area contributed by atoms with E-state index in [9.17, 15) is 4.39 Å². The van der Waals surface area contributed by atoms with Gasteiger partial charge in [0, 0.05) is 43.6 Å². The predicted octanol–water partition coefficient (Wildman–Crippen LogP) is 3.87. The highest BCUT2D eigenvalue weighted by molar-refractivity contribution is 5.95. The summed E-state index contributed by atoms with van der Waals surface area (Å²) in [4.78, 5) is 11.3. The van der Waals surface area contributed by atoms with E-state index in [1.165, 1.54) is 0 Å². The number of hydrogen-bond acceptors (Lipinski definition) is 5. The maximum absolute atomic E-state index is 14.7. The van der Waals surface area contributed by atoms with E-state index in [0.29, 0.717) is 35.8 Å². The monoisotopic (exact) mass is 384 g/mol. The van der Waals surface area contributed by atoms with Gasteiger partial charge >= 0.3 is 0 Å². The molecule has 2 aliphatic rings. The lowest BCUT2D eigenvalue weighted by Crippen LogP contribution is -2.50. The predicted molar refractivity (Wildman–Crippen MR) is 110 cm³/mol. The van der Waals surface area contributed by atoms with E-state index in [2.05, 4.69) is 40.9 Å². The van der Waals surface area contributed by atoms with Crippen molar-refractivity contribution >= 4 is 22.6 Å². The summed E-state index contributed by atoms with van der Waals surface area (Å²) in [7, 11) is 0. The summed E-state index contributed by atoms with van der Waals surface area (Å²) in [6.45, 7) is 8.43. The van der Waals surface area contributed by atoms with Gasteiger partial charge in [-0.05, 0) is 36.3 Å². The van der Waals surface area contributed by atoms with Crippen molar-refractivity contribution in [1.29, 1.82) is 0 Å². The van der Waals surface area contributed by atoms with Crippen LogP contribution in [-0.4, -0.2) is 45.0 Å². The fourth-order valence-electron chi connectivity index (χ4n) is 4.28. The molecule has 0 aliphatic carbocycles. The number of nitrogens with two attached hydrogens (primary N) is 1. The molecule has 3 N–H and O–H groups in total. The van der Waals surface area contributed by atoms with Crippen LogP contribution in [0.3, 0.4) is 0 Å². The summed E-state index contributed by atoms with van der Waals surface area (Å²) >= 11 is 0. The number of allylic oxidation sites excluding steroid dienone is 1. The van der Waals surface area contributed by atoms with Gasteiger partial charge in [-0.1, -0.05) is 20.8 Å². The highest BCUT2D eigenvalue weighted by Gasteiger charge is 2.34. The van der Waals surface area contributed by atoms with Crippen LogP contribution in [0.25, 0.3) is 16.7 Å². The molecule has 2 aliphatic heterocycles. The maximum Gasteiger partial charge on any atom is 0.181 e. The van der Waals surface area contributed by atoms with Crippen molar-refractivity contribution in [1.82, 2.24) is 20.1 Å². The van der Waals surface area contributed by atoms with E-state index in [1.807, 2.05) is 12.1 Å². The summed E-state index contributed by atoms with van der Waals surface area (Å²) in [6.07, 6.45) is 4.89. The smallest absolute Gasteiger partial charge is 0.181 e. The van der Waals surface area contributed by atoms with Crippen LogP contribution in [0.5, 0.6) is 0 Å². The number of pyridine rings is 1. The summed E-state index contributed by atoms with van der Waals surface area (Å²) < 4.78 is 14.7. The minimum absolute atomic E-state index is 0.0705. The third kappa shape index (κ3) is 3.55. The highest BCUT2D eigenvalue weighted by Crippen LogP contribution is 2.34. The number of aliphatic imine (C=N–C) groups is 1. The van der Waals surface area contributed by atoms with Crippen LogP contribution in [0.4, 0.5) is 4.39 Å². The molecule has 4 rings (SSSR count). The van der Waals surface area contributed by atoms with Crippen molar-refractivity contribution in [3.05, 3.63) is 29.9 Å². The van der Waals surface area contributed by atoms with E-state index < -0.39 is 0 Å². The normalized spacial score (nSPS) is 22.5. The number of aromatic amines is 1. The van der Waals surface area contributed by atoms with Crippen LogP contribution in [0.15, 0.2) is 29.1 Å². The second kappa shape index (κ2) is 7.28. The van der Waals surface area contributed by atoms with Crippen molar-refractivity contribution in [2.24, 2.45) is 22.1 Å². The van der Waals surface area contributed by atoms with Gasteiger partial charge in [-0.15, -0.1) is 0 Å². The summed E-state index contributed by atoms with van der Waals surface area (Å²) in [5.41, 5.74) is 8.17. The van der Waals surface area contributed by atoms with Gasteiger partial charge in [0.15, 0.2) is 5.65 Å². The topological polar surface area (TPSA) is 83.2 Å². The van der Waals surface area contributed by atoms with Gasteiger partial charge in [0.05, 0.1) is 5.69 Å². The molecule has 0 aromatic carbocycles. The number of fused-ring (bicyclic) bond motifs is 1. The summed E-state index contributed by atoms with van der Waals surface area (Å²) in [5, 5.41) is 7.92. The van der Waals surface area contributed by atoms with Crippen molar-refractivity contribution in [3.8, 4) is 0 Å². The fraction of sp³-hybridized carbons (Fsp3) is 0.571. The first-order valence-electron chi connectivity index (χ1n) is 10.1. The first-order chi connectivity index (χ1) is 13.3. The Morgan fingerprint density at radius 3 is 2.93 bits per heavy atom. The van der Waals surface area contributed by atoms with Crippen molar-refractivity contribution in [2.75, 3.05) is 13.1 Å². The minimum atomic E-state index is -0.196. The molecule has 2 unspecified atom stereocenters. The van der Waals surface area contributed by atoms with Gasteiger partial charge in [0.25, 0.3) is 0 Å². The number of halogens is 1. The number of likely N-dealkylation sites (tertiary alicyclic amines) is 1. The number of H-pyrrole nitrogens is 1. The molecule has 150 valence electrons. The van der Waals surface area contributed by atoms with Crippen LogP contribution in [0.1, 0.15) is 52.1 Å². The van der Waals surface area contributed by atoms with E-state index in [1.54, 1.807) is 6.20 Å². The van der Waals surface area contributed by atoms with Crippen molar-refractivity contribution < 1.29 is 4.39 Å². The molecule has 0 bridgehead atoms. The molecule has 0 radical (unpaired) electrons. The number of rotatable bonds is 2. The zero-order valence-electron chi connectivity index (χ0n) is 16.9. The fourth-order valence-corrected chi connectivity index (χ4v) is 4.28. The van der Waals surface area contributed by atoms with E-state index in [-0.39, 0.29) is 17.3 Å². The molecule has 6 nitrogen and oxygen atoms in total. The summed E-state index contributed by atoms with van der Waals surface area (Å²) in [6, 6.07) is 3.86. The van der Waals surface area contributed by atoms with Gasteiger partial charge in [-0.2, -0.15) is 5.10 Å². The molecule has 7 heteroatoms. The molecule has 1 fully saturated rings. The number of aromatic nitrogens is 3.